The first kappa shape index (κ1) is 14.3. The Morgan fingerprint density at radius 1 is 1.13 bits per heavy atom. The van der Waals surface area contributed by atoms with E-state index in [-0.39, 0.29) is 0 Å². The number of rotatable bonds is 3. The van der Waals surface area contributed by atoms with Crippen LogP contribution in [0.25, 0.3) is 11.0 Å². The second-order valence-corrected chi connectivity index (χ2v) is 6.08. The van der Waals surface area contributed by atoms with E-state index in [0.717, 1.165) is 60.7 Å². The molecule has 1 aliphatic heterocycles. The molecule has 0 unspecified atom stereocenters. The monoisotopic (exact) mass is 309 g/mol. The lowest BCUT2D eigenvalue weighted by atomic mass is 9.96. The number of benzene rings is 1. The summed E-state index contributed by atoms with van der Waals surface area (Å²) < 4.78 is 4.85. The zero-order valence-electron chi connectivity index (χ0n) is 13.1. The van der Waals surface area contributed by atoms with Crippen LogP contribution in [0.2, 0.25) is 0 Å². The van der Waals surface area contributed by atoms with E-state index in [1.54, 1.807) is 0 Å². The molecule has 118 valence electrons. The van der Waals surface area contributed by atoms with Crippen LogP contribution in [-0.2, 0) is 6.54 Å². The molecule has 6 heteroatoms. The zero-order valence-corrected chi connectivity index (χ0v) is 13.1. The molecule has 0 amide bonds. The summed E-state index contributed by atoms with van der Waals surface area (Å²) in [5.74, 6) is 1.25. The summed E-state index contributed by atoms with van der Waals surface area (Å²) in [6.45, 7) is 4.93. The molecule has 1 fully saturated rings. The van der Waals surface area contributed by atoms with Gasteiger partial charge in [-0.1, -0.05) is 17.3 Å². The van der Waals surface area contributed by atoms with Crippen molar-refractivity contribution in [1.82, 2.24) is 25.0 Å². The van der Waals surface area contributed by atoms with Gasteiger partial charge in [-0.05, 0) is 45.0 Å². The first-order chi connectivity index (χ1) is 11.3. The van der Waals surface area contributed by atoms with Crippen molar-refractivity contribution in [3.63, 3.8) is 0 Å². The van der Waals surface area contributed by atoms with Crippen molar-refractivity contribution >= 4 is 11.0 Å². The fraction of sp³-hybridized carbons (Fsp3) is 0.412. The standard InChI is InChI=1S/C17H19N5O/c1-12-16(20-15-5-3-2-4-14(15)19-12)10-22-8-6-13(7-9-22)17-18-11-23-21-17/h2-5,11,13H,6-10H2,1H3. The number of hydrogen-bond donors (Lipinski definition) is 0. The van der Waals surface area contributed by atoms with Crippen LogP contribution in [0.3, 0.4) is 0 Å². The van der Waals surface area contributed by atoms with Crippen LogP contribution in [0.4, 0.5) is 0 Å². The van der Waals surface area contributed by atoms with E-state index in [2.05, 4.69) is 20.0 Å². The van der Waals surface area contributed by atoms with Gasteiger partial charge in [0.05, 0.1) is 22.4 Å². The highest BCUT2D eigenvalue weighted by molar-refractivity contribution is 5.74. The van der Waals surface area contributed by atoms with Crippen LogP contribution >= 0.6 is 0 Å². The molecular formula is C17H19N5O. The maximum absolute atomic E-state index is 4.85. The highest BCUT2D eigenvalue weighted by Gasteiger charge is 2.24. The van der Waals surface area contributed by atoms with Crippen molar-refractivity contribution in [3.8, 4) is 0 Å². The van der Waals surface area contributed by atoms with E-state index in [1.165, 1.54) is 6.39 Å². The number of hydrogen-bond acceptors (Lipinski definition) is 6. The van der Waals surface area contributed by atoms with Gasteiger partial charge < -0.3 is 4.52 Å². The zero-order chi connectivity index (χ0) is 15.6. The Morgan fingerprint density at radius 2 is 1.87 bits per heavy atom. The molecule has 0 radical (unpaired) electrons. The molecule has 4 rings (SSSR count). The maximum Gasteiger partial charge on any atom is 0.213 e. The van der Waals surface area contributed by atoms with E-state index in [1.807, 2.05) is 31.2 Å². The van der Waals surface area contributed by atoms with Crippen LogP contribution in [0.15, 0.2) is 35.2 Å². The second kappa shape index (κ2) is 6.04. The van der Waals surface area contributed by atoms with Crippen molar-refractivity contribution in [1.29, 1.82) is 0 Å². The molecular weight excluding hydrogens is 290 g/mol. The van der Waals surface area contributed by atoms with Crippen LogP contribution in [0, 0.1) is 6.92 Å². The van der Waals surface area contributed by atoms with Crippen LogP contribution in [-0.4, -0.2) is 38.1 Å². The Bertz CT molecular complexity index is 794. The van der Waals surface area contributed by atoms with E-state index in [9.17, 15) is 0 Å². The third-order valence-corrected chi connectivity index (χ3v) is 4.55. The smallest absolute Gasteiger partial charge is 0.213 e. The molecule has 23 heavy (non-hydrogen) atoms. The first-order valence-corrected chi connectivity index (χ1v) is 8.00. The normalized spacial score (nSPS) is 16.9. The molecule has 0 atom stereocenters. The Balaban J connectivity index is 1.46. The Labute approximate surface area is 134 Å². The highest BCUT2D eigenvalue weighted by Crippen LogP contribution is 2.26. The quantitative estimate of drug-likeness (QED) is 0.741. The number of piperidine rings is 1. The van der Waals surface area contributed by atoms with Gasteiger partial charge in [0.25, 0.3) is 0 Å². The molecule has 0 spiro atoms. The van der Waals surface area contributed by atoms with Gasteiger partial charge in [0, 0.05) is 12.5 Å². The summed E-state index contributed by atoms with van der Waals surface area (Å²) in [5, 5.41) is 3.97. The minimum Gasteiger partial charge on any atom is -0.343 e. The van der Waals surface area contributed by atoms with Gasteiger partial charge in [-0.2, -0.15) is 4.98 Å². The van der Waals surface area contributed by atoms with Gasteiger partial charge in [-0.25, -0.2) is 9.97 Å². The van der Waals surface area contributed by atoms with Crippen molar-refractivity contribution in [2.24, 2.45) is 0 Å². The molecule has 6 nitrogen and oxygen atoms in total. The van der Waals surface area contributed by atoms with Crippen LogP contribution in [0.1, 0.15) is 36.0 Å². The van der Waals surface area contributed by atoms with E-state index in [4.69, 9.17) is 9.51 Å². The van der Waals surface area contributed by atoms with Crippen LogP contribution in [0.5, 0.6) is 0 Å². The molecule has 0 saturated carbocycles. The molecule has 3 heterocycles. The van der Waals surface area contributed by atoms with E-state index >= 15 is 0 Å². The Morgan fingerprint density at radius 3 is 2.57 bits per heavy atom. The van der Waals surface area contributed by atoms with Gasteiger partial charge in [-0.15, -0.1) is 0 Å². The number of likely N-dealkylation sites (tertiary alicyclic amines) is 1. The molecule has 1 aliphatic rings. The Hall–Kier alpha value is -2.34. The maximum atomic E-state index is 4.85. The average molecular weight is 309 g/mol. The lowest BCUT2D eigenvalue weighted by molar-refractivity contribution is 0.197. The van der Waals surface area contributed by atoms with Crippen LogP contribution < -0.4 is 0 Å². The van der Waals surface area contributed by atoms with E-state index < -0.39 is 0 Å². The van der Waals surface area contributed by atoms with Crippen molar-refractivity contribution < 1.29 is 4.52 Å². The van der Waals surface area contributed by atoms with Crippen molar-refractivity contribution in [3.05, 3.63) is 47.9 Å². The number of aromatic nitrogens is 4. The van der Waals surface area contributed by atoms with Gasteiger partial charge in [-0.3, -0.25) is 4.90 Å². The molecule has 1 saturated heterocycles. The summed E-state index contributed by atoms with van der Waals surface area (Å²) in [6.07, 6.45) is 3.52. The molecule has 3 aromatic rings. The largest absolute Gasteiger partial charge is 0.343 e. The number of fused-ring (bicyclic) bond motifs is 1. The minimum atomic E-state index is 0.411. The summed E-state index contributed by atoms with van der Waals surface area (Å²) in [7, 11) is 0. The summed E-state index contributed by atoms with van der Waals surface area (Å²) in [6, 6.07) is 8.04. The topological polar surface area (TPSA) is 67.9 Å². The van der Waals surface area contributed by atoms with Gasteiger partial charge >= 0.3 is 0 Å². The third kappa shape index (κ3) is 2.94. The van der Waals surface area contributed by atoms with Gasteiger partial charge in [0.15, 0.2) is 5.82 Å². The molecule has 0 bridgehead atoms. The second-order valence-electron chi connectivity index (χ2n) is 6.08. The molecule has 1 aromatic carbocycles. The fourth-order valence-corrected chi connectivity index (χ4v) is 3.19. The van der Waals surface area contributed by atoms with Gasteiger partial charge in [0.1, 0.15) is 0 Å². The molecule has 0 aliphatic carbocycles. The first-order valence-electron chi connectivity index (χ1n) is 8.00. The SMILES string of the molecule is Cc1nc2ccccc2nc1CN1CCC(c2ncon2)CC1. The fourth-order valence-electron chi connectivity index (χ4n) is 3.19. The van der Waals surface area contributed by atoms with Gasteiger partial charge in [0.2, 0.25) is 6.39 Å². The summed E-state index contributed by atoms with van der Waals surface area (Å²) in [4.78, 5) is 16.1. The van der Waals surface area contributed by atoms with Crippen molar-refractivity contribution in [2.75, 3.05) is 13.1 Å². The predicted molar refractivity (Wildman–Crippen MR) is 85.8 cm³/mol. The molecule has 2 aromatic heterocycles. The predicted octanol–water partition coefficient (Wildman–Crippen LogP) is 2.70. The lowest BCUT2D eigenvalue weighted by Gasteiger charge is -2.30. The number of nitrogens with zero attached hydrogens (tertiary/aromatic N) is 5. The molecule has 0 N–H and O–H groups in total. The number of para-hydroxylation sites is 2. The van der Waals surface area contributed by atoms with Crippen molar-refractivity contribution in [2.45, 2.75) is 32.2 Å². The third-order valence-electron chi connectivity index (χ3n) is 4.55. The number of aryl methyl sites for hydroxylation is 1. The lowest BCUT2D eigenvalue weighted by Crippen LogP contribution is -2.33. The van der Waals surface area contributed by atoms with E-state index in [0.29, 0.717) is 5.92 Å². The Kier molecular flexibility index (Phi) is 3.75. The average Bonchev–Trinajstić information content (AvgIpc) is 3.11. The highest BCUT2D eigenvalue weighted by atomic mass is 16.5. The summed E-state index contributed by atoms with van der Waals surface area (Å²) >= 11 is 0. The summed E-state index contributed by atoms with van der Waals surface area (Å²) in [5.41, 5.74) is 4.02. The minimum absolute atomic E-state index is 0.411.